The number of carbonyl (C=O) groups excluding carboxylic acids is 1. The Bertz CT molecular complexity index is 344. The number of ketones is 1. The molecule has 1 aromatic heterocycles. The minimum absolute atomic E-state index is 0.373. The molecule has 82 valence electrons. The fourth-order valence-electron chi connectivity index (χ4n) is 1.92. The molecular weight excluding hydrogens is 274 g/mol. The number of rotatable bonds is 4. The van der Waals surface area contributed by atoms with Crippen LogP contribution in [0.5, 0.6) is 0 Å². The van der Waals surface area contributed by atoms with Crippen molar-refractivity contribution in [1.29, 1.82) is 0 Å². The molecule has 1 atom stereocenters. The third-order valence-electron chi connectivity index (χ3n) is 2.67. The smallest absolute Gasteiger partial charge is 0.138 e. The third kappa shape index (κ3) is 3.40. The molecule has 0 bridgehead atoms. The van der Waals surface area contributed by atoms with Crippen LogP contribution in [0.1, 0.15) is 17.7 Å². The molecule has 1 N–H and O–H groups in total. The molecule has 2 heterocycles. The van der Waals surface area contributed by atoms with E-state index in [1.807, 2.05) is 11.4 Å². The summed E-state index contributed by atoms with van der Waals surface area (Å²) in [4.78, 5) is 12.9. The zero-order valence-corrected chi connectivity index (χ0v) is 10.9. The Morgan fingerprint density at radius 2 is 2.53 bits per heavy atom. The zero-order chi connectivity index (χ0) is 10.7. The van der Waals surface area contributed by atoms with Crippen LogP contribution >= 0.6 is 27.3 Å². The highest BCUT2D eigenvalue weighted by Crippen LogP contribution is 2.21. The lowest BCUT2D eigenvalue weighted by Gasteiger charge is -2.05. The predicted molar refractivity (Wildman–Crippen MR) is 66.3 cm³/mol. The number of Topliss-reactive ketones (excluding diaryl/α,β-unsaturated/α-hetero) is 1. The SMILES string of the molecule is O=C(Cc1cc(Br)cs1)CC1CCNC1. The summed E-state index contributed by atoms with van der Waals surface area (Å²) in [7, 11) is 0. The first-order chi connectivity index (χ1) is 7.24. The van der Waals surface area contributed by atoms with Gasteiger partial charge in [0.1, 0.15) is 5.78 Å². The molecule has 1 aromatic rings. The molecule has 2 nitrogen and oxygen atoms in total. The van der Waals surface area contributed by atoms with Gasteiger partial charge in [0.25, 0.3) is 0 Å². The fourth-order valence-corrected chi connectivity index (χ4v) is 3.40. The summed E-state index contributed by atoms with van der Waals surface area (Å²) in [6.07, 6.45) is 2.50. The van der Waals surface area contributed by atoms with Crippen molar-refractivity contribution in [3.63, 3.8) is 0 Å². The molecule has 0 spiro atoms. The van der Waals surface area contributed by atoms with Gasteiger partial charge in [0.15, 0.2) is 0 Å². The summed E-state index contributed by atoms with van der Waals surface area (Å²) < 4.78 is 1.08. The number of hydrogen-bond donors (Lipinski definition) is 1. The van der Waals surface area contributed by atoms with E-state index in [0.29, 0.717) is 18.1 Å². The number of thiophene rings is 1. The Morgan fingerprint density at radius 1 is 1.67 bits per heavy atom. The first kappa shape index (κ1) is 11.3. The molecule has 1 aliphatic heterocycles. The second-order valence-corrected chi connectivity index (χ2v) is 5.92. The number of hydrogen-bond acceptors (Lipinski definition) is 3. The van der Waals surface area contributed by atoms with Crippen molar-refractivity contribution in [2.75, 3.05) is 13.1 Å². The molecule has 0 radical (unpaired) electrons. The Kier molecular flexibility index (Phi) is 3.94. The summed E-state index contributed by atoms with van der Waals surface area (Å²) in [5, 5.41) is 5.32. The van der Waals surface area contributed by atoms with Crippen LogP contribution in [-0.4, -0.2) is 18.9 Å². The van der Waals surface area contributed by atoms with Crippen LogP contribution in [0.2, 0.25) is 0 Å². The molecule has 0 aromatic carbocycles. The molecule has 15 heavy (non-hydrogen) atoms. The van der Waals surface area contributed by atoms with E-state index in [0.717, 1.165) is 35.3 Å². The van der Waals surface area contributed by atoms with E-state index in [1.165, 1.54) is 0 Å². The first-order valence-electron chi connectivity index (χ1n) is 5.19. The van der Waals surface area contributed by atoms with E-state index in [-0.39, 0.29) is 0 Å². The lowest BCUT2D eigenvalue weighted by molar-refractivity contribution is -0.119. The summed E-state index contributed by atoms with van der Waals surface area (Å²) in [6, 6.07) is 2.04. The summed E-state index contributed by atoms with van der Waals surface area (Å²) >= 11 is 5.05. The van der Waals surface area contributed by atoms with Gasteiger partial charge in [-0.25, -0.2) is 0 Å². The van der Waals surface area contributed by atoms with E-state index in [4.69, 9.17) is 0 Å². The molecule has 1 unspecified atom stereocenters. The van der Waals surface area contributed by atoms with E-state index < -0.39 is 0 Å². The van der Waals surface area contributed by atoms with E-state index >= 15 is 0 Å². The highest BCUT2D eigenvalue weighted by atomic mass is 79.9. The maximum atomic E-state index is 11.7. The van der Waals surface area contributed by atoms with E-state index in [9.17, 15) is 4.79 Å². The Balaban J connectivity index is 1.81. The van der Waals surface area contributed by atoms with Gasteiger partial charge in [-0.2, -0.15) is 0 Å². The van der Waals surface area contributed by atoms with Crippen molar-refractivity contribution < 1.29 is 4.79 Å². The van der Waals surface area contributed by atoms with Gasteiger partial charge in [0, 0.05) is 27.6 Å². The van der Waals surface area contributed by atoms with Crippen molar-refractivity contribution in [3.05, 3.63) is 20.8 Å². The summed E-state index contributed by atoms with van der Waals surface area (Å²) in [6.45, 7) is 2.09. The Morgan fingerprint density at radius 3 is 3.13 bits per heavy atom. The average Bonchev–Trinajstić information content (AvgIpc) is 2.77. The minimum Gasteiger partial charge on any atom is -0.316 e. The van der Waals surface area contributed by atoms with Crippen molar-refractivity contribution in [3.8, 4) is 0 Å². The van der Waals surface area contributed by atoms with E-state index in [1.54, 1.807) is 11.3 Å². The van der Waals surface area contributed by atoms with Crippen LogP contribution in [0, 0.1) is 5.92 Å². The Hall–Kier alpha value is -0.190. The van der Waals surface area contributed by atoms with E-state index in [2.05, 4.69) is 21.2 Å². The molecule has 0 aliphatic carbocycles. The van der Waals surface area contributed by atoms with Crippen LogP contribution in [0.3, 0.4) is 0 Å². The molecule has 0 amide bonds. The topological polar surface area (TPSA) is 29.1 Å². The van der Waals surface area contributed by atoms with Gasteiger partial charge in [-0.3, -0.25) is 4.79 Å². The van der Waals surface area contributed by atoms with Gasteiger partial charge in [0.05, 0.1) is 0 Å². The van der Waals surface area contributed by atoms with Crippen LogP contribution in [-0.2, 0) is 11.2 Å². The summed E-state index contributed by atoms with van der Waals surface area (Å²) in [5.74, 6) is 0.943. The maximum absolute atomic E-state index is 11.7. The monoisotopic (exact) mass is 287 g/mol. The highest BCUT2D eigenvalue weighted by molar-refractivity contribution is 9.10. The number of carbonyl (C=O) groups is 1. The van der Waals surface area contributed by atoms with Gasteiger partial charge < -0.3 is 5.32 Å². The van der Waals surface area contributed by atoms with Gasteiger partial charge in [-0.05, 0) is 47.4 Å². The molecule has 4 heteroatoms. The second-order valence-electron chi connectivity index (χ2n) is 4.01. The summed E-state index contributed by atoms with van der Waals surface area (Å²) in [5.41, 5.74) is 0. The quantitative estimate of drug-likeness (QED) is 0.922. The predicted octanol–water partition coefficient (Wildman–Crippen LogP) is 2.62. The average molecular weight is 288 g/mol. The molecule has 1 fully saturated rings. The largest absolute Gasteiger partial charge is 0.316 e. The highest BCUT2D eigenvalue weighted by Gasteiger charge is 2.18. The third-order valence-corrected chi connectivity index (χ3v) is 4.37. The second kappa shape index (κ2) is 5.23. The minimum atomic E-state index is 0.373. The van der Waals surface area contributed by atoms with Crippen LogP contribution in [0.25, 0.3) is 0 Å². The standard InChI is InChI=1S/C11H14BrNOS/c12-9-4-11(15-7-9)5-10(14)3-8-1-2-13-6-8/h4,7-8,13H,1-3,5-6H2. The van der Waals surface area contributed by atoms with Crippen LogP contribution in [0.4, 0.5) is 0 Å². The maximum Gasteiger partial charge on any atom is 0.138 e. The Labute approximate surface area is 102 Å². The van der Waals surface area contributed by atoms with Gasteiger partial charge in [0.2, 0.25) is 0 Å². The molecule has 1 saturated heterocycles. The van der Waals surface area contributed by atoms with Crippen molar-refractivity contribution in [2.24, 2.45) is 5.92 Å². The van der Waals surface area contributed by atoms with Gasteiger partial charge >= 0.3 is 0 Å². The molecular formula is C11H14BrNOS. The fraction of sp³-hybridized carbons (Fsp3) is 0.545. The molecule has 2 rings (SSSR count). The molecule has 1 aliphatic rings. The van der Waals surface area contributed by atoms with Crippen molar-refractivity contribution in [2.45, 2.75) is 19.3 Å². The molecule has 0 saturated carbocycles. The van der Waals surface area contributed by atoms with Crippen molar-refractivity contribution in [1.82, 2.24) is 5.32 Å². The normalized spacial score (nSPS) is 20.7. The van der Waals surface area contributed by atoms with Crippen LogP contribution < -0.4 is 5.32 Å². The van der Waals surface area contributed by atoms with Gasteiger partial charge in [-0.1, -0.05) is 0 Å². The van der Waals surface area contributed by atoms with Crippen molar-refractivity contribution >= 4 is 33.0 Å². The first-order valence-corrected chi connectivity index (χ1v) is 6.86. The van der Waals surface area contributed by atoms with Gasteiger partial charge in [-0.15, -0.1) is 11.3 Å². The lowest BCUT2D eigenvalue weighted by Crippen LogP contribution is -2.13. The zero-order valence-electron chi connectivity index (χ0n) is 8.46. The van der Waals surface area contributed by atoms with Crippen LogP contribution in [0.15, 0.2) is 15.9 Å². The lowest BCUT2D eigenvalue weighted by atomic mass is 10.00. The number of halogens is 1. The number of nitrogens with one attached hydrogen (secondary N) is 1.